The van der Waals surface area contributed by atoms with Gasteiger partial charge in [0.1, 0.15) is 0 Å². The molecule has 2 aliphatic heterocycles. The molecule has 1 aromatic heterocycles. The Kier molecular flexibility index (Phi) is 5.08. The molecule has 3 rings (SSSR count). The maximum absolute atomic E-state index is 12.7. The molecule has 0 bridgehead atoms. The Hall–Kier alpha value is -0.720. The van der Waals surface area contributed by atoms with Gasteiger partial charge in [-0.2, -0.15) is 11.8 Å². The number of likely N-dealkylation sites (tertiary alicyclic amines) is 1. The number of hydrogen-bond acceptors (Lipinski definition) is 5. The van der Waals surface area contributed by atoms with Gasteiger partial charge in [0.2, 0.25) is 5.91 Å². The minimum absolute atomic E-state index is 0.0844. The van der Waals surface area contributed by atoms with E-state index < -0.39 is 0 Å². The summed E-state index contributed by atoms with van der Waals surface area (Å²) in [5, 5.41) is 0.945. The number of ether oxygens (including phenoxy) is 1. The van der Waals surface area contributed by atoms with E-state index >= 15 is 0 Å². The molecule has 116 valence electrons. The summed E-state index contributed by atoms with van der Waals surface area (Å²) in [4.78, 5) is 18.4. The fraction of sp³-hybridized carbons (Fsp3) is 0.667. The molecule has 2 aliphatic rings. The predicted molar refractivity (Wildman–Crippen MR) is 88.2 cm³/mol. The summed E-state index contributed by atoms with van der Waals surface area (Å²) in [6.07, 6.45) is 2.13. The monoisotopic (exact) mass is 326 g/mol. The second-order valence-corrected chi connectivity index (χ2v) is 7.85. The van der Waals surface area contributed by atoms with Gasteiger partial charge in [-0.05, 0) is 31.5 Å². The van der Waals surface area contributed by atoms with E-state index in [1.807, 2.05) is 17.8 Å². The van der Waals surface area contributed by atoms with Crippen LogP contribution >= 0.6 is 23.1 Å². The lowest BCUT2D eigenvalue weighted by molar-refractivity contribution is -0.135. The maximum atomic E-state index is 12.7. The Morgan fingerprint density at radius 2 is 2.14 bits per heavy atom. The second kappa shape index (κ2) is 7.03. The van der Waals surface area contributed by atoms with E-state index in [0.717, 1.165) is 55.6 Å². The van der Waals surface area contributed by atoms with Crippen LogP contribution in [0.5, 0.6) is 5.06 Å². The summed E-state index contributed by atoms with van der Waals surface area (Å²) in [6.45, 7) is 3.73. The molecular formula is C15H22N2O2S2. The summed E-state index contributed by atoms with van der Waals surface area (Å²) in [5.74, 6) is 2.51. The highest BCUT2D eigenvalue weighted by atomic mass is 32.2. The fourth-order valence-corrected chi connectivity index (χ4v) is 4.79. The Morgan fingerprint density at radius 3 is 2.86 bits per heavy atom. The number of nitrogens with zero attached hydrogens (tertiary/aromatic N) is 2. The summed E-state index contributed by atoms with van der Waals surface area (Å²) >= 11 is 3.62. The summed E-state index contributed by atoms with van der Waals surface area (Å²) in [5.41, 5.74) is 0. The molecule has 2 saturated heterocycles. The minimum Gasteiger partial charge on any atom is -0.487 e. The van der Waals surface area contributed by atoms with Crippen LogP contribution in [0, 0.1) is 0 Å². The van der Waals surface area contributed by atoms with Gasteiger partial charge in [-0.25, -0.2) is 0 Å². The van der Waals surface area contributed by atoms with Crippen molar-refractivity contribution in [2.45, 2.75) is 25.4 Å². The van der Waals surface area contributed by atoms with Gasteiger partial charge in [0, 0.05) is 36.0 Å². The molecule has 0 saturated carbocycles. The molecule has 6 heteroatoms. The van der Waals surface area contributed by atoms with Crippen molar-refractivity contribution in [1.82, 2.24) is 9.80 Å². The largest absolute Gasteiger partial charge is 0.487 e. The van der Waals surface area contributed by atoms with Gasteiger partial charge in [-0.15, -0.1) is 11.3 Å². The zero-order valence-electron chi connectivity index (χ0n) is 12.4. The van der Waals surface area contributed by atoms with E-state index in [-0.39, 0.29) is 6.04 Å². The van der Waals surface area contributed by atoms with Crippen LogP contribution < -0.4 is 4.74 Å². The van der Waals surface area contributed by atoms with Crippen molar-refractivity contribution in [2.24, 2.45) is 0 Å². The molecule has 1 amide bonds. The molecule has 1 aromatic rings. The second-order valence-electron chi connectivity index (χ2n) is 5.49. The van der Waals surface area contributed by atoms with Crippen LogP contribution in [0.25, 0.3) is 0 Å². The molecule has 0 radical (unpaired) electrons. The number of amides is 1. The summed E-state index contributed by atoms with van der Waals surface area (Å²) in [7, 11) is 1.70. The lowest BCUT2D eigenvalue weighted by Gasteiger charge is -2.32. The van der Waals surface area contributed by atoms with Crippen molar-refractivity contribution in [2.75, 3.05) is 38.2 Å². The van der Waals surface area contributed by atoms with Crippen molar-refractivity contribution >= 4 is 29.0 Å². The minimum atomic E-state index is 0.0844. The number of carbonyl (C=O) groups is 1. The lowest BCUT2D eigenvalue weighted by atomic mass is 10.2. The zero-order chi connectivity index (χ0) is 14.7. The Labute approximate surface area is 134 Å². The number of rotatable bonds is 4. The number of carbonyl (C=O) groups excluding carboxylic acids is 1. The van der Waals surface area contributed by atoms with Gasteiger partial charge in [0.25, 0.3) is 0 Å². The fourth-order valence-electron chi connectivity index (χ4n) is 3.04. The summed E-state index contributed by atoms with van der Waals surface area (Å²) < 4.78 is 5.25. The molecule has 21 heavy (non-hydrogen) atoms. The molecule has 0 unspecified atom stereocenters. The average molecular weight is 326 g/mol. The molecule has 0 aliphatic carbocycles. The number of methoxy groups -OCH3 is 1. The van der Waals surface area contributed by atoms with Crippen LogP contribution in [0.2, 0.25) is 0 Å². The average Bonchev–Trinajstić information content (AvgIpc) is 3.17. The maximum Gasteiger partial charge on any atom is 0.239 e. The van der Waals surface area contributed by atoms with Crippen LogP contribution in [0.3, 0.4) is 0 Å². The lowest BCUT2D eigenvalue weighted by Crippen LogP contribution is -2.48. The van der Waals surface area contributed by atoms with Crippen molar-refractivity contribution in [3.8, 4) is 5.06 Å². The normalized spacial score (nSPS) is 23.5. The van der Waals surface area contributed by atoms with Crippen LogP contribution in [-0.4, -0.2) is 60.0 Å². The predicted octanol–water partition coefficient (Wildman–Crippen LogP) is 2.30. The molecule has 4 nitrogen and oxygen atoms in total. The first kappa shape index (κ1) is 15.2. The topological polar surface area (TPSA) is 32.8 Å². The van der Waals surface area contributed by atoms with Crippen LogP contribution in [0.15, 0.2) is 12.1 Å². The van der Waals surface area contributed by atoms with E-state index in [1.54, 1.807) is 18.4 Å². The third kappa shape index (κ3) is 3.55. The van der Waals surface area contributed by atoms with Crippen LogP contribution in [0.4, 0.5) is 0 Å². The number of thiophene rings is 1. The van der Waals surface area contributed by atoms with Crippen molar-refractivity contribution in [3.05, 3.63) is 17.0 Å². The third-order valence-electron chi connectivity index (χ3n) is 4.17. The zero-order valence-corrected chi connectivity index (χ0v) is 14.0. The Bertz CT molecular complexity index is 486. The van der Waals surface area contributed by atoms with Crippen molar-refractivity contribution in [1.29, 1.82) is 0 Å². The van der Waals surface area contributed by atoms with E-state index in [9.17, 15) is 4.79 Å². The first-order chi connectivity index (χ1) is 10.3. The van der Waals surface area contributed by atoms with Gasteiger partial charge < -0.3 is 9.64 Å². The SMILES string of the molecule is COc1ccc(CN2CCC[C@@H]2C(=O)N2CCSCC2)s1. The van der Waals surface area contributed by atoms with Gasteiger partial charge >= 0.3 is 0 Å². The quantitative estimate of drug-likeness (QED) is 0.850. The number of hydrogen-bond donors (Lipinski definition) is 0. The Morgan fingerprint density at radius 1 is 1.33 bits per heavy atom. The van der Waals surface area contributed by atoms with Gasteiger partial charge in [0.05, 0.1) is 13.2 Å². The van der Waals surface area contributed by atoms with E-state index in [4.69, 9.17) is 4.74 Å². The first-order valence-corrected chi connectivity index (χ1v) is 9.48. The summed E-state index contributed by atoms with van der Waals surface area (Å²) in [6, 6.07) is 4.21. The number of thioether (sulfide) groups is 1. The molecule has 2 fully saturated rings. The first-order valence-electron chi connectivity index (χ1n) is 7.51. The highest BCUT2D eigenvalue weighted by Gasteiger charge is 2.34. The molecule has 0 aromatic carbocycles. The van der Waals surface area contributed by atoms with Gasteiger partial charge in [0.15, 0.2) is 5.06 Å². The van der Waals surface area contributed by atoms with Crippen LogP contribution in [-0.2, 0) is 11.3 Å². The molecule has 1 atom stereocenters. The highest BCUT2D eigenvalue weighted by Crippen LogP contribution is 2.28. The molecule has 0 spiro atoms. The molecule has 3 heterocycles. The van der Waals surface area contributed by atoms with Gasteiger partial charge in [-0.1, -0.05) is 0 Å². The molecule has 0 N–H and O–H groups in total. The molecular weight excluding hydrogens is 304 g/mol. The van der Waals surface area contributed by atoms with Crippen molar-refractivity contribution in [3.63, 3.8) is 0 Å². The third-order valence-corrected chi connectivity index (χ3v) is 6.14. The Balaban J connectivity index is 1.62. The van der Waals surface area contributed by atoms with Crippen molar-refractivity contribution < 1.29 is 9.53 Å². The standard InChI is InChI=1S/C15H22N2O2S2/c1-19-14-5-4-12(21-14)11-17-6-2-3-13(17)15(18)16-7-9-20-10-8-16/h4-5,13H,2-3,6-11H2,1H3/t13-/m1/s1. The van der Waals surface area contributed by atoms with Gasteiger partial charge in [-0.3, -0.25) is 9.69 Å². The van der Waals surface area contributed by atoms with E-state index in [2.05, 4.69) is 15.9 Å². The van der Waals surface area contributed by atoms with E-state index in [1.165, 1.54) is 4.88 Å². The highest BCUT2D eigenvalue weighted by molar-refractivity contribution is 7.99. The van der Waals surface area contributed by atoms with Crippen LogP contribution in [0.1, 0.15) is 17.7 Å². The van der Waals surface area contributed by atoms with E-state index in [0.29, 0.717) is 5.91 Å². The smallest absolute Gasteiger partial charge is 0.239 e.